The van der Waals surface area contributed by atoms with E-state index in [2.05, 4.69) is 15.3 Å². The molecule has 0 saturated carbocycles. The third-order valence-corrected chi connectivity index (χ3v) is 4.24. The average Bonchev–Trinajstić information content (AvgIpc) is 2.62. The molecule has 7 heteroatoms. The zero-order valence-electron chi connectivity index (χ0n) is 15.5. The van der Waals surface area contributed by atoms with Crippen molar-refractivity contribution in [3.63, 3.8) is 0 Å². The predicted octanol–water partition coefficient (Wildman–Crippen LogP) is 4.72. The summed E-state index contributed by atoms with van der Waals surface area (Å²) >= 11 is 0. The van der Waals surface area contributed by atoms with Gasteiger partial charge in [0, 0.05) is 36.1 Å². The third kappa shape index (κ3) is 4.34. The minimum absolute atomic E-state index is 0. The van der Waals surface area contributed by atoms with Crippen LogP contribution in [0.3, 0.4) is 0 Å². The zero-order valence-corrected chi connectivity index (χ0v) is 16.3. The molecule has 0 fully saturated rings. The number of hydrogen-bond donors (Lipinski definition) is 1. The minimum Gasteiger partial charge on any atom is -0.354 e. The molecule has 1 N–H and O–H groups in total. The number of fused-ring (bicyclic) bond motifs is 1. The van der Waals surface area contributed by atoms with E-state index in [0.717, 1.165) is 11.1 Å². The van der Waals surface area contributed by atoms with Crippen molar-refractivity contribution in [2.24, 2.45) is 0 Å². The van der Waals surface area contributed by atoms with Gasteiger partial charge in [-0.05, 0) is 51.1 Å². The number of pyridine rings is 2. The average molecular weight is 389 g/mol. The molecule has 142 valence electrons. The predicted molar refractivity (Wildman–Crippen MR) is 108 cm³/mol. The van der Waals surface area contributed by atoms with Gasteiger partial charge in [0.15, 0.2) is 5.65 Å². The van der Waals surface area contributed by atoms with Gasteiger partial charge < -0.3 is 10.2 Å². The summed E-state index contributed by atoms with van der Waals surface area (Å²) in [5, 5.41) is 3.91. The molecule has 0 bridgehead atoms. The SMILES string of the molecule is CCN(CC)C(=O)c1cnc2nc(C)ccc2c1Nc1cccc(F)c1.Cl. The van der Waals surface area contributed by atoms with E-state index >= 15 is 0 Å². The van der Waals surface area contributed by atoms with Crippen molar-refractivity contribution >= 4 is 40.7 Å². The fourth-order valence-corrected chi connectivity index (χ4v) is 2.86. The summed E-state index contributed by atoms with van der Waals surface area (Å²) in [5.74, 6) is -0.470. The Hall–Kier alpha value is -2.73. The van der Waals surface area contributed by atoms with Crippen LogP contribution >= 0.6 is 12.4 Å². The number of amides is 1. The largest absolute Gasteiger partial charge is 0.354 e. The Labute approximate surface area is 164 Å². The van der Waals surface area contributed by atoms with Gasteiger partial charge in [-0.2, -0.15) is 0 Å². The van der Waals surface area contributed by atoms with Crippen LogP contribution in [0.2, 0.25) is 0 Å². The molecule has 3 rings (SSSR count). The fraction of sp³-hybridized carbons (Fsp3) is 0.250. The number of aromatic nitrogens is 2. The van der Waals surface area contributed by atoms with Crippen LogP contribution in [0.15, 0.2) is 42.6 Å². The number of benzene rings is 1. The Morgan fingerprint density at radius 3 is 2.59 bits per heavy atom. The van der Waals surface area contributed by atoms with Crippen LogP contribution in [0, 0.1) is 12.7 Å². The Morgan fingerprint density at radius 1 is 1.19 bits per heavy atom. The molecule has 0 unspecified atom stereocenters. The molecule has 1 amide bonds. The first kappa shape index (κ1) is 20.6. The van der Waals surface area contributed by atoms with Crippen molar-refractivity contribution in [2.45, 2.75) is 20.8 Å². The van der Waals surface area contributed by atoms with Crippen LogP contribution in [-0.2, 0) is 0 Å². The maximum absolute atomic E-state index is 13.6. The number of aryl methyl sites for hydroxylation is 1. The van der Waals surface area contributed by atoms with Gasteiger partial charge >= 0.3 is 0 Å². The van der Waals surface area contributed by atoms with E-state index in [-0.39, 0.29) is 24.1 Å². The number of nitrogens with one attached hydrogen (secondary N) is 1. The highest BCUT2D eigenvalue weighted by Gasteiger charge is 2.20. The molecule has 1 aromatic carbocycles. The molecule has 5 nitrogen and oxygen atoms in total. The van der Waals surface area contributed by atoms with Crippen LogP contribution in [0.25, 0.3) is 11.0 Å². The number of nitrogens with zero attached hydrogens (tertiary/aromatic N) is 3. The summed E-state index contributed by atoms with van der Waals surface area (Å²) < 4.78 is 13.6. The molecule has 0 radical (unpaired) electrons. The molecule has 0 aliphatic heterocycles. The highest BCUT2D eigenvalue weighted by Crippen LogP contribution is 2.29. The summed E-state index contributed by atoms with van der Waals surface area (Å²) in [6, 6.07) is 9.89. The van der Waals surface area contributed by atoms with Crippen molar-refractivity contribution in [3.8, 4) is 0 Å². The summed E-state index contributed by atoms with van der Waals surface area (Å²) in [7, 11) is 0. The minimum atomic E-state index is -0.348. The van der Waals surface area contributed by atoms with E-state index in [0.29, 0.717) is 35.7 Å². The van der Waals surface area contributed by atoms with Crippen LogP contribution in [0.5, 0.6) is 0 Å². The Bertz CT molecular complexity index is 960. The second-order valence-electron chi connectivity index (χ2n) is 5.98. The number of carbonyl (C=O) groups is 1. The number of hydrogen-bond acceptors (Lipinski definition) is 4. The van der Waals surface area contributed by atoms with Gasteiger partial charge in [0.25, 0.3) is 5.91 Å². The summed E-state index contributed by atoms with van der Waals surface area (Å²) in [4.78, 5) is 23.5. The van der Waals surface area contributed by atoms with Gasteiger partial charge in [-0.1, -0.05) is 6.07 Å². The molecule has 0 spiro atoms. The molecular formula is C20H22ClFN4O. The summed E-state index contributed by atoms with van der Waals surface area (Å²) in [6.45, 7) is 6.94. The summed E-state index contributed by atoms with van der Waals surface area (Å²) in [5.41, 5.74) is 2.97. The maximum Gasteiger partial charge on any atom is 0.257 e. The normalized spacial score (nSPS) is 10.4. The fourth-order valence-electron chi connectivity index (χ4n) is 2.86. The topological polar surface area (TPSA) is 58.1 Å². The zero-order chi connectivity index (χ0) is 18.7. The van der Waals surface area contributed by atoms with E-state index in [9.17, 15) is 9.18 Å². The van der Waals surface area contributed by atoms with Crippen molar-refractivity contribution < 1.29 is 9.18 Å². The molecule has 0 aliphatic carbocycles. The highest BCUT2D eigenvalue weighted by atomic mass is 35.5. The number of carbonyl (C=O) groups excluding carboxylic acids is 1. The first-order valence-electron chi connectivity index (χ1n) is 8.61. The second kappa shape index (κ2) is 8.77. The van der Waals surface area contributed by atoms with Gasteiger partial charge in [-0.25, -0.2) is 14.4 Å². The standard InChI is InChI=1S/C20H21FN4O.ClH/c1-4-25(5-2)20(26)17-12-22-19-16(10-9-13(3)23-19)18(17)24-15-8-6-7-14(21)11-15;/h6-12H,4-5H2,1-3H3,(H,22,23,24);1H. The monoisotopic (exact) mass is 388 g/mol. The van der Waals surface area contributed by atoms with Gasteiger partial charge in [0.05, 0.1) is 11.3 Å². The molecule has 0 atom stereocenters. The smallest absolute Gasteiger partial charge is 0.257 e. The van der Waals surface area contributed by atoms with Crippen LogP contribution in [0.4, 0.5) is 15.8 Å². The second-order valence-corrected chi connectivity index (χ2v) is 5.98. The molecule has 27 heavy (non-hydrogen) atoms. The van der Waals surface area contributed by atoms with Crippen molar-refractivity contribution in [1.29, 1.82) is 0 Å². The highest BCUT2D eigenvalue weighted by molar-refractivity contribution is 6.07. The van der Waals surface area contributed by atoms with Gasteiger partial charge in [0.1, 0.15) is 5.82 Å². The quantitative estimate of drug-likeness (QED) is 0.686. The van der Waals surface area contributed by atoms with Gasteiger partial charge in [-0.3, -0.25) is 4.79 Å². The van der Waals surface area contributed by atoms with E-state index in [1.54, 1.807) is 17.0 Å². The number of rotatable bonds is 5. The molecule has 0 aliphatic rings. The van der Waals surface area contributed by atoms with Crippen molar-refractivity contribution in [1.82, 2.24) is 14.9 Å². The first-order valence-corrected chi connectivity index (χ1v) is 8.61. The molecule has 0 saturated heterocycles. The lowest BCUT2D eigenvalue weighted by Gasteiger charge is -2.21. The summed E-state index contributed by atoms with van der Waals surface area (Å²) in [6.07, 6.45) is 1.54. The lowest BCUT2D eigenvalue weighted by atomic mass is 10.1. The molecule has 2 heterocycles. The van der Waals surface area contributed by atoms with Gasteiger partial charge in [0.2, 0.25) is 0 Å². The third-order valence-electron chi connectivity index (χ3n) is 4.24. The lowest BCUT2D eigenvalue weighted by molar-refractivity contribution is 0.0774. The van der Waals surface area contributed by atoms with Crippen molar-refractivity contribution in [2.75, 3.05) is 18.4 Å². The van der Waals surface area contributed by atoms with E-state index < -0.39 is 0 Å². The van der Waals surface area contributed by atoms with Crippen LogP contribution in [-0.4, -0.2) is 33.9 Å². The number of anilines is 2. The Kier molecular flexibility index (Phi) is 6.69. The van der Waals surface area contributed by atoms with E-state index in [1.807, 2.05) is 32.9 Å². The van der Waals surface area contributed by atoms with Crippen molar-refractivity contribution in [3.05, 3.63) is 59.7 Å². The van der Waals surface area contributed by atoms with E-state index in [4.69, 9.17) is 0 Å². The molecule has 3 aromatic rings. The number of halogens is 2. The Morgan fingerprint density at radius 2 is 1.93 bits per heavy atom. The first-order chi connectivity index (χ1) is 12.5. The van der Waals surface area contributed by atoms with Crippen LogP contribution < -0.4 is 5.32 Å². The maximum atomic E-state index is 13.6. The molecular weight excluding hydrogens is 367 g/mol. The Balaban J connectivity index is 0.00000261. The van der Waals surface area contributed by atoms with Crippen LogP contribution in [0.1, 0.15) is 29.9 Å². The molecule has 2 aromatic heterocycles. The lowest BCUT2D eigenvalue weighted by Crippen LogP contribution is -2.31. The van der Waals surface area contributed by atoms with Gasteiger partial charge in [-0.15, -0.1) is 12.4 Å². The van der Waals surface area contributed by atoms with E-state index in [1.165, 1.54) is 18.3 Å².